The van der Waals surface area contributed by atoms with Gasteiger partial charge in [-0.3, -0.25) is 0 Å². The minimum Gasteiger partial charge on any atom is -0.516 e. The van der Waals surface area contributed by atoms with Crippen LogP contribution in [0.3, 0.4) is 0 Å². The van der Waals surface area contributed by atoms with Gasteiger partial charge in [0.05, 0.1) is 17.0 Å². The molecule has 0 atom stereocenters. The number of rotatable bonds is 3. The van der Waals surface area contributed by atoms with Gasteiger partial charge in [-0.25, -0.2) is 0 Å². The molecule has 0 fully saturated rings. The Bertz CT molecular complexity index is 225. The minimum absolute atomic E-state index is 0.681. The summed E-state index contributed by atoms with van der Waals surface area (Å²) in [5.74, 6) is 0.681. The molecule has 1 aliphatic rings. The lowest BCUT2D eigenvalue weighted by molar-refractivity contribution is -0.107. The maximum absolute atomic E-state index is 9.10. The lowest BCUT2D eigenvalue weighted by Crippen LogP contribution is -2.44. The van der Waals surface area contributed by atoms with Gasteiger partial charge in [0.25, 0.3) is 0 Å². The summed E-state index contributed by atoms with van der Waals surface area (Å²) in [6, 6.07) is 0. The highest BCUT2D eigenvalue weighted by Gasteiger charge is 2.31. The van der Waals surface area contributed by atoms with Gasteiger partial charge in [0.15, 0.2) is 0 Å². The molecule has 0 saturated carbocycles. The monoisotopic (exact) mass is 232 g/mol. The Balaban J connectivity index is 0.000000281. The maximum Gasteiger partial charge on any atom is 0.707 e. The van der Waals surface area contributed by atoms with Crippen molar-refractivity contribution in [3.63, 3.8) is 0 Å². The highest BCUT2D eigenvalue weighted by Crippen LogP contribution is 2.19. The molecule has 0 spiro atoms. The van der Waals surface area contributed by atoms with Crippen LogP contribution in [0, 0.1) is 0 Å². The summed E-state index contributed by atoms with van der Waals surface area (Å²) in [6.45, 7) is 6.31. The first-order chi connectivity index (χ1) is 7.04. The van der Waals surface area contributed by atoms with E-state index in [1.807, 2.05) is 6.08 Å². The molecule has 1 rings (SSSR count). The van der Waals surface area contributed by atoms with Crippen LogP contribution in [-0.2, 0) is 4.65 Å². The van der Waals surface area contributed by atoms with Crippen LogP contribution in [0.4, 0.5) is 0 Å². The summed E-state index contributed by atoms with van der Waals surface area (Å²) in [5, 5.41) is 34.6. The molecule has 1 aliphatic carbocycles. The highest BCUT2D eigenvalue weighted by molar-refractivity contribution is 6.33. The van der Waals surface area contributed by atoms with Crippen molar-refractivity contribution in [2.75, 3.05) is 0 Å². The van der Waals surface area contributed by atoms with Gasteiger partial charge in [-0.15, -0.1) is 0 Å². The van der Waals surface area contributed by atoms with Crippen LogP contribution in [0.25, 0.3) is 0 Å². The van der Waals surface area contributed by atoms with Gasteiger partial charge in [0, 0.05) is 6.42 Å². The molecule has 0 saturated heterocycles. The molecule has 0 aromatic carbocycles. The first-order valence-corrected chi connectivity index (χ1v) is 5.20. The molecular formula is C10H21BO5. The zero-order chi connectivity index (χ0) is 13.0. The first kappa shape index (κ1) is 15.4. The van der Waals surface area contributed by atoms with Crippen LogP contribution in [-0.4, -0.2) is 38.8 Å². The summed E-state index contributed by atoms with van der Waals surface area (Å²) in [5.41, 5.74) is -2.01. The standard InChI is InChI=1S/C6H14O2.C4H7BO3/c1-5(2,7)6(3,4)8;6-5(7)8-4-2-1-3-4/h7-8H,1-4H3;2,6-7H,1,3H2. The molecule has 0 heterocycles. The summed E-state index contributed by atoms with van der Waals surface area (Å²) in [6.07, 6.45) is 3.64. The molecule has 0 aliphatic heterocycles. The van der Waals surface area contributed by atoms with Gasteiger partial charge in [-0.05, 0) is 40.2 Å². The van der Waals surface area contributed by atoms with Crippen molar-refractivity contribution in [3.8, 4) is 0 Å². The number of hydrogen-bond donors (Lipinski definition) is 4. The van der Waals surface area contributed by atoms with E-state index in [1.54, 1.807) is 27.7 Å². The summed E-state index contributed by atoms with van der Waals surface area (Å²) < 4.78 is 4.46. The lowest BCUT2D eigenvalue weighted by Gasteiger charge is -2.31. The average molecular weight is 232 g/mol. The van der Waals surface area contributed by atoms with Crippen LogP contribution < -0.4 is 0 Å². The van der Waals surface area contributed by atoms with Crippen molar-refractivity contribution in [2.24, 2.45) is 0 Å². The van der Waals surface area contributed by atoms with Crippen molar-refractivity contribution in [1.82, 2.24) is 0 Å². The smallest absolute Gasteiger partial charge is 0.516 e. The van der Waals surface area contributed by atoms with Crippen molar-refractivity contribution >= 4 is 7.32 Å². The molecule has 0 bridgehead atoms. The molecule has 0 radical (unpaired) electrons. The predicted octanol–water partition coefficient (Wildman–Crippen LogP) is 0.178. The third kappa shape index (κ3) is 6.12. The first-order valence-electron chi connectivity index (χ1n) is 5.20. The van der Waals surface area contributed by atoms with Gasteiger partial charge in [-0.2, -0.15) is 0 Å². The Labute approximate surface area is 96.6 Å². The summed E-state index contributed by atoms with van der Waals surface area (Å²) in [4.78, 5) is 0. The third-order valence-electron chi connectivity index (χ3n) is 2.52. The van der Waals surface area contributed by atoms with E-state index in [0.29, 0.717) is 5.76 Å². The average Bonchev–Trinajstić information content (AvgIpc) is 1.94. The van der Waals surface area contributed by atoms with Crippen molar-refractivity contribution < 1.29 is 24.9 Å². The molecule has 94 valence electrons. The highest BCUT2D eigenvalue weighted by atomic mass is 16.6. The van der Waals surface area contributed by atoms with Crippen molar-refractivity contribution in [1.29, 1.82) is 0 Å². The fourth-order valence-electron chi connectivity index (χ4n) is 0.505. The predicted molar refractivity (Wildman–Crippen MR) is 61.2 cm³/mol. The Hall–Kier alpha value is -0.555. The summed E-state index contributed by atoms with van der Waals surface area (Å²) >= 11 is 0. The third-order valence-corrected chi connectivity index (χ3v) is 2.52. The van der Waals surface area contributed by atoms with Gasteiger partial charge in [0.2, 0.25) is 0 Å². The van der Waals surface area contributed by atoms with Crippen LogP contribution in [0.5, 0.6) is 0 Å². The molecule has 16 heavy (non-hydrogen) atoms. The van der Waals surface area contributed by atoms with Crippen LogP contribution >= 0.6 is 0 Å². The number of allylic oxidation sites excluding steroid dienone is 2. The van der Waals surface area contributed by atoms with Crippen molar-refractivity contribution in [2.45, 2.75) is 51.7 Å². The Kier molecular flexibility index (Phi) is 5.48. The quantitative estimate of drug-likeness (QED) is 0.521. The van der Waals surface area contributed by atoms with Gasteiger partial charge < -0.3 is 24.9 Å². The molecule has 5 nitrogen and oxygen atoms in total. The second-order valence-corrected chi connectivity index (χ2v) is 4.77. The zero-order valence-corrected chi connectivity index (χ0v) is 10.3. The number of aliphatic hydroxyl groups is 2. The van der Waals surface area contributed by atoms with Gasteiger partial charge in [-0.1, -0.05) is 0 Å². The second kappa shape index (κ2) is 5.68. The summed E-state index contributed by atoms with van der Waals surface area (Å²) in [7, 11) is -1.64. The minimum atomic E-state index is -1.64. The van der Waals surface area contributed by atoms with Crippen LogP contribution in [0.1, 0.15) is 40.5 Å². The van der Waals surface area contributed by atoms with Crippen molar-refractivity contribution in [3.05, 3.63) is 11.8 Å². The molecule has 6 heteroatoms. The Morgan fingerprint density at radius 1 is 1.12 bits per heavy atom. The molecule has 0 aromatic heterocycles. The fraction of sp³-hybridized carbons (Fsp3) is 0.800. The Morgan fingerprint density at radius 2 is 1.50 bits per heavy atom. The molecule has 0 unspecified atom stereocenters. The lowest BCUT2D eigenvalue weighted by atomic mass is 9.90. The van der Waals surface area contributed by atoms with Gasteiger partial charge in [0.1, 0.15) is 0 Å². The fourth-order valence-corrected chi connectivity index (χ4v) is 0.505. The van der Waals surface area contributed by atoms with E-state index in [-0.39, 0.29) is 0 Å². The second-order valence-electron chi connectivity index (χ2n) is 4.77. The van der Waals surface area contributed by atoms with E-state index < -0.39 is 18.5 Å². The largest absolute Gasteiger partial charge is 0.707 e. The van der Waals surface area contributed by atoms with E-state index >= 15 is 0 Å². The molecule has 0 amide bonds. The van der Waals surface area contributed by atoms with E-state index in [1.165, 1.54) is 0 Å². The Morgan fingerprint density at radius 3 is 1.56 bits per heavy atom. The molecule has 4 N–H and O–H groups in total. The molecule has 0 aromatic rings. The topological polar surface area (TPSA) is 90.2 Å². The SMILES string of the molecule is CC(C)(O)C(C)(C)O.OB(O)OC1=CCC1. The normalized spacial score (nSPS) is 15.4. The maximum atomic E-state index is 9.10. The van der Waals surface area contributed by atoms with Gasteiger partial charge >= 0.3 is 7.32 Å². The zero-order valence-electron chi connectivity index (χ0n) is 10.3. The number of hydrogen-bond acceptors (Lipinski definition) is 5. The van der Waals surface area contributed by atoms with E-state index in [0.717, 1.165) is 12.8 Å². The molecular weight excluding hydrogens is 211 g/mol. The van der Waals surface area contributed by atoms with Crippen LogP contribution in [0.2, 0.25) is 0 Å². The van der Waals surface area contributed by atoms with Crippen LogP contribution in [0.15, 0.2) is 11.8 Å². The van der Waals surface area contributed by atoms with E-state index in [4.69, 9.17) is 20.3 Å². The van der Waals surface area contributed by atoms with E-state index in [2.05, 4.69) is 4.65 Å². The van der Waals surface area contributed by atoms with E-state index in [9.17, 15) is 0 Å².